The van der Waals surface area contributed by atoms with Crippen LogP contribution in [0.15, 0.2) is 36.5 Å². The lowest BCUT2D eigenvalue weighted by Crippen LogP contribution is -2.28. The van der Waals surface area contributed by atoms with Gasteiger partial charge in [-0.25, -0.2) is 4.98 Å². The highest BCUT2D eigenvalue weighted by molar-refractivity contribution is 5.77. The minimum Gasteiger partial charge on any atom is -0.368 e. The highest BCUT2D eigenvalue weighted by Gasteiger charge is 2.19. The van der Waals surface area contributed by atoms with Gasteiger partial charge in [0.2, 0.25) is 11.8 Å². The highest BCUT2D eigenvalue weighted by Crippen LogP contribution is 2.25. The number of nitrogens with two attached hydrogens (primary N) is 1. The van der Waals surface area contributed by atoms with Crippen molar-refractivity contribution in [2.45, 2.75) is 59.7 Å². The zero-order valence-electron chi connectivity index (χ0n) is 20.3. The molecule has 0 aliphatic carbocycles. The molecule has 1 saturated heterocycles. The smallest absolute Gasteiger partial charge is 0.221 e. The minimum atomic E-state index is 0.0668. The van der Waals surface area contributed by atoms with E-state index in [1.54, 1.807) is 11.0 Å². The van der Waals surface area contributed by atoms with Gasteiger partial charge in [-0.1, -0.05) is 51.5 Å². The van der Waals surface area contributed by atoms with E-state index in [0.29, 0.717) is 12.4 Å². The number of aromatic nitrogens is 7. The molecule has 0 amide bonds. The Hall–Kier alpha value is -3.33. The third-order valence-electron chi connectivity index (χ3n) is 6.19. The number of nitrogens with zero attached hydrogens (tertiary/aromatic N) is 8. The second-order valence-electron chi connectivity index (χ2n) is 10.5. The second kappa shape index (κ2) is 9.13. The van der Waals surface area contributed by atoms with Crippen molar-refractivity contribution in [2.24, 2.45) is 5.41 Å². The zero-order chi connectivity index (χ0) is 23.7. The van der Waals surface area contributed by atoms with Gasteiger partial charge in [0.05, 0.1) is 0 Å². The summed E-state index contributed by atoms with van der Waals surface area (Å²) in [6.07, 6.45) is 5.74. The number of nitrogen functional groups attached to an aromatic ring is 1. The van der Waals surface area contributed by atoms with Gasteiger partial charge in [0.25, 0.3) is 0 Å². The number of piperidine rings is 1. The summed E-state index contributed by atoms with van der Waals surface area (Å²) in [6.45, 7) is 11.3. The normalized spacial score (nSPS) is 15.3. The monoisotopic (exact) mass is 459 g/mol. The Morgan fingerprint density at radius 2 is 1.76 bits per heavy atom. The molecule has 0 bridgehead atoms. The standard InChI is InChI=1S/C25H33N9/c1-25(2,3)17-33-21(13-20-14-27-24(26)28-23(20)33)16-34-30-22(29-31-34)19-9-7-18(8-10-19)15-32-11-5-4-6-12-32/h7-10,13-14H,4-6,11-12,15-17H2,1-3H3,(H2,26,27,28). The molecule has 4 aromatic rings. The zero-order valence-corrected chi connectivity index (χ0v) is 20.3. The molecule has 0 unspecified atom stereocenters. The molecule has 4 heterocycles. The molecule has 9 nitrogen and oxygen atoms in total. The summed E-state index contributed by atoms with van der Waals surface area (Å²) >= 11 is 0. The van der Waals surface area contributed by atoms with E-state index in [0.717, 1.165) is 35.4 Å². The molecule has 9 heteroatoms. The number of anilines is 1. The van der Waals surface area contributed by atoms with Crippen LogP contribution in [-0.2, 0) is 19.6 Å². The van der Waals surface area contributed by atoms with Crippen molar-refractivity contribution in [3.05, 3.63) is 47.8 Å². The lowest BCUT2D eigenvalue weighted by molar-refractivity contribution is 0.221. The Labute approximate surface area is 200 Å². The predicted octanol–water partition coefficient (Wildman–Crippen LogP) is 3.75. The van der Waals surface area contributed by atoms with E-state index in [-0.39, 0.29) is 11.4 Å². The molecular formula is C25H33N9. The van der Waals surface area contributed by atoms with E-state index in [2.05, 4.69) is 85.9 Å². The number of rotatable bonds is 6. The quantitative estimate of drug-likeness (QED) is 0.468. The topological polar surface area (TPSA) is 104 Å². The lowest BCUT2D eigenvalue weighted by atomic mass is 9.97. The van der Waals surface area contributed by atoms with Crippen molar-refractivity contribution in [2.75, 3.05) is 18.8 Å². The molecule has 0 atom stereocenters. The molecule has 1 aliphatic heterocycles. The highest BCUT2D eigenvalue weighted by atomic mass is 15.6. The van der Waals surface area contributed by atoms with Gasteiger partial charge in [-0.3, -0.25) is 4.90 Å². The largest absolute Gasteiger partial charge is 0.368 e. The molecule has 2 N–H and O–H groups in total. The molecule has 1 fully saturated rings. The fraction of sp³-hybridized carbons (Fsp3) is 0.480. The van der Waals surface area contributed by atoms with Gasteiger partial charge in [-0.2, -0.15) is 9.78 Å². The first-order valence-corrected chi connectivity index (χ1v) is 12.0. The van der Waals surface area contributed by atoms with Gasteiger partial charge in [-0.15, -0.1) is 10.2 Å². The van der Waals surface area contributed by atoms with Crippen LogP contribution in [0.3, 0.4) is 0 Å². The Kier molecular flexibility index (Phi) is 6.03. The molecule has 5 rings (SSSR count). The van der Waals surface area contributed by atoms with E-state index in [1.807, 2.05) is 0 Å². The van der Waals surface area contributed by atoms with Crippen molar-refractivity contribution in [3.63, 3.8) is 0 Å². The summed E-state index contributed by atoms with van der Waals surface area (Å²) in [5.74, 6) is 0.907. The van der Waals surface area contributed by atoms with Gasteiger partial charge in [0, 0.05) is 35.9 Å². The fourth-order valence-electron chi connectivity index (χ4n) is 4.59. The van der Waals surface area contributed by atoms with Crippen LogP contribution in [0.4, 0.5) is 5.95 Å². The minimum absolute atomic E-state index is 0.0668. The SMILES string of the molecule is CC(C)(C)Cn1c(Cn2nnc(-c3ccc(CN4CCCCC4)cc3)n2)cc2cnc(N)nc21. The summed E-state index contributed by atoms with van der Waals surface area (Å²) in [7, 11) is 0. The van der Waals surface area contributed by atoms with Crippen LogP contribution in [0.5, 0.6) is 0 Å². The predicted molar refractivity (Wildman–Crippen MR) is 133 cm³/mol. The van der Waals surface area contributed by atoms with Crippen LogP contribution in [0.2, 0.25) is 0 Å². The summed E-state index contributed by atoms with van der Waals surface area (Å²) in [6, 6.07) is 10.6. The third kappa shape index (κ3) is 5.09. The first kappa shape index (κ1) is 22.5. The van der Waals surface area contributed by atoms with Gasteiger partial charge < -0.3 is 10.3 Å². The Balaban J connectivity index is 1.35. The van der Waals surface area contributed by atoms with Crippen molar-refractivity contribution in [1.82, 2.24) is 39.6 Å². The van der Waals surface area contributed by atoms with E-state index in [9.17, 15) is 0 Å². The van der Waals surface area contributed by atoms with Crippen LogP contribution in [0.25, 0.3) is 22.4 Å². The summed E-state index contributed by atoms with van der Waals surface area (Å²) in [5, 5.41) is 14.2. The van der Waals surface area contributed by atoms with Crippen LogP contribution in [0.1, 0.15) is 51.3 Å². The van der Waals surface area contributed by atoms with Gasteiger partial charge >= 0.3 is 0 Å². The molecule has 34 heavy (non-hydrogen) atoms. The van der Waals surface area contributed by atoms with E-state index in [4.69, 9.17) is 5.73 Å². The summed E-state index contributed by atoms with van der Waals surface area (Å²) in [5.41, 5.74) is 10.1. The number of fused-ring (bicyclic) bond motifs is 1. The maximum absolute atomic E-state index is 5.87. The van der Waals surface area contributed by atoms with Gasteiger partial charge in [0.15, 0.2) is 0 Å². The maximum atomic E-state index is 5.87. The molecule has 1 aliphatic rings. The van der Waals surface area contributed by atoms with Crippen molar-refractivity contribution in [1.29, 1.82) is 0 Å². The fourth-order valence-corrected chi connectivity index (χ4v) is 4.59. The van der Waals surface area contributed by atoms with E-state index in [1.165, 1.54) is 37.9 Å². The maximum Gasteiger partial charge on any atom is 0.221 e. The molecule has 1 aromatic carbocycles. The summed E-state index contributed by atoms with van der Waals surface area (Å²) < 4.78 is 2.19. The Bertz CT molecular complexity index is 1260. The van der Waals surface area contributed by atoms with Crippen molar-refractivity contribution in [3.8, 4) is 11.4 Å². The van der Waals surface area contributed by atoms with Gasteiger partial charge in [-0.05, 0) is 48.2 Å². The van der Waals surface area contributed by atoms with Crippen molar-refractivity contribution < 1.29 is 0 Å². The van der Waals surface area contributed by atoms with Crippen molar-refractivity contribution >= 4 is 17.0 Å². The van der Waals surface area contributed by atoms with Crippen LogP contribution >= 0.6 is 0 Å². The first-order chi connectivity index (χ1) is 16.3. The third-order valence-corrected chi connectivity index (χ3v) is 6.19. The number of tetrazole rings is 1. The number of hydrogen-bond acceptors (Lipinski definition) is 7. The van der Waals surface area contributed by atoms with Crippen LogP contribution < -0.4 is 5.73 Å². The molecule has 0 spiro atoms. The van der Waals surface area contributed by atoms with Crippen LogP contribution in [-0.4, -0.2) is 52.7 Å². The first-order valence-electron chi connectivity index (χ1n) is 12.0. The average molecular weight is 460 g/mol. The molecule has 178 valence electrons. The average Bonchev–Trinajstić information content (AvgIpc) is 3.39. The summed E-state index contributed by atoms with van der Waals surface area (Å²) in [4.78, 5) is 12.8. The molecule has 0 saturated carbocycles. The number of likely N-dealkylation sites (tertiary alicyclic amines) is 1. The van der Waals surface area contributed by atoms with Crippen LogP contribution in [0, 0.1) is 5.41 Å². The Morgan fingerprint density at radius 1 is 1.00 bits per heavy atom. The van der Waals surface area contributed by atoms with E-state index < -0.39 is 0 Å². The van der Waals surface area contributed by atoms with E-state index >= 15 is 0 Å². The molecular weight excluding hydrogens is 426 g/mol. The number of benzene rings is 1. The molecule has 0 radical (unpaired) electrons. The molecule has 3 aromatic heterocycles. The Morgan fingerprint density at radius 3 is 2.50 bits per heavy atom. The van der Waals surface area contributed by atoms with Gasteiger partial charge in [0.1, 0.15) is 12.2 Å². The number of hydrogen-bond donors (Lipinski definition) is 1. The second-order valence-corrected chi connectivity index (χ2v) is 10.5. The lowest BCUT2D eigenvalue weighted by Gasteiger charge is -2.26.